The van der Waals surface area contributed by atoms with Gasteiger partial charge in [0.1, 0.15) is 6.07 Å². The highest BCUT2D eigenvalue weighted by atomic mass is 32.1. The molecule has 0 saturated heterocycles. The van der Waals surface area contributed by atoms with Gasteiger partial charge in [0.2, 0.25) is 0 Å². The highest BCUT2D eigenvalue weighted by Crippen LogP contribution is 2.31. The molecule has 19 heavy (non-hydrogen) atoms. The zero-order valence-corrected chi connectivity index (χ0v) is 12.4. The second-order valence-corrected chi connectivity index (χ2v) is 4.71. The second kappa shape index (κ2) is 6.86. The Morgan fingerprint density at radius 3 is 2.79 bits per heavy atom. The molecule has 0 atom stereocenters. The molecule has 0 fully saturated rings. The van der Waals surface area contributed by atoms with Gasteiger partial charge in [0.05, 0.1) is 5.57 Å². The molecule has 1 rings (SSSR count). The monoisotopic (exact) mass is 270 g/mol. The van der Waals surface area contributed by atoms with Gasteiger partial charge in [-0.25, -0.2) is 0 Å². The molecular weight excluding hydrogens is 252 g/mol. The summed E-state index contributed by atoms with van der Waals surface area (Å²) >= 11 is 4.50. The van der Waals surface area contributed by atoms with Crippen molar-refractivity contribution in [1.82, 2.24) is 4.90 Å². The van der Waals surface area contributed by atoms with Gasteiger partial charge in [-0.15, -0.1) is 12.6 Å². The number of nitrogens with zero attached hydrogens (tertiary/aromatic N) is 2. The molecular formula is C16H18N2S. The molecule has 3 heteroatoms. The van der Waals surface area contributed by atoms with Crippen molar-refractivity contribution in [1.29, 1.82) is 5.26 Å². The Hall–Kier alpha value is -1.92. The van der Waals surface area contributed by atoms with Gasteiger partial charge >= 0.3 is 0 Å². The first-order valence-corrected chi connectivity index (χ1v) is 6.39. The van der Waals surface area contributed by atoms with E-state index < -0.39 is 0 Å². The Balaban J connectivity index is 3.47. The molecule has 0 spiro atoms. The molecule has 0 saturated carbocycles. The highest BCUT2D eigenvalue weighted by molar-refractivity contribution is 7.84. The predicted octanol–water partition coefficient (Wildman–Crippen LogP) is 4.12. The van der Waals surface area contributed by atoms with Gasteiger partial charge in [-0.1, -0.05) is 24.8 Å². The van der Waals surface area contributed by atoms with E-state index >= 15 is 0 Å². The van der Waals surface area contributed by atoms with Crippen LogP contribution < -0.4 is 0 Å². The van der Waals surface area contributed by atoms with Crippen LogP contribution in [-0.2, 0) is 0 Å². The van der Waals surface area contributed by atoms with Crippen molar-refractivity contribution < 1.29 is 0 Å². The first kappa shape index (κ1) is 15.1. The van der Waals surface area contributed by atoms with E-state index in [0.717, 1.165) is 21.7 Å². The molecule has 0 N–H and O–H groups in total. The number of nitriles is 1. The third-order valence-electron chi connectivity index (χ3n) is 2.95. The van der Waals surface area contributed by atoms with Crippen molar-refractivity contribution in [2.75, 3.05) is 7.05 Å². The van der Waals surface area contributed by atoms with E-state index in [2.05, 4.69) is 25.3 Å². The molecule has 0 aromatic rings. The first-order valence-electron chi connectivity index (χ1n) is 5.95. The highest BCUT2D eigenvalue weighted by Gasteiger charge is 2.16. The lowest BCUT2D eigenvalue weighted by molar-refractivity contribution is 0.567. The van der Waals surface area contributed by atoms with Gasteiger partial charge in [0.15, 0.2) is 0 Å². The summed E-state index contributed by atoms with van der Waals surface area (Å²) in [6, 6.07) is 2.28. The summed E-state index contributed by atoms with van der Waals surface area (Å²) in [4.78, 5) is 2.78. The van der Waals surface area contributed by atoms with E-state index in [9.17, 15) is 5.26 Å². The number of rotatable bonds is 3. The summed E-state index contributed by atoms with van der Waals surface area (Å²) in [6.45, 7) is 7.54. The molecule has 2 nitrogen and oxygen atoms in total. The third kappa shape index (κ3) is 3.52. The van der Waals surface area contributed by atoms with Crippen LogP contribution >= 0.6 is 12.6 Å². The minimum atomic E-state index is 0.632. The third-order valence-corrected chi connectivity index (χ3v) is 3.32. The SMILES string of the molecule is C=C/C=C\C(C)=C(/C#N)C1=C(C)N(C)C=CC=C1S. The minimum absolute atomic E-state index is 0.632. The molecule has 0 unspecified atom stereocenters. The molecule has 0 bridgehead atoms. The van der Waals surface area contributed by atoms with Crippen LogP contribution in [0.15, 0.2) is 70.5 Å². The Morgan fingerprint density at radius 1 is 1.53 bits per heavy atom. The largest absolute Gasteiger partial charge is 0.354 e. The van der Waals surface area contributed by atoms with E-state index in [1.165, 1.54) is 0 Å². The number of hydrogen-bond acceptors (Lipinski definition) is 3. The summed E-state index contributed by atoms with van der Waals surface area (Å²) in [5, 5.41) is 9.46. The van der Waals surface area contributed by atoms with Crippen LogP contribution in [0.4, 0.5) is 0 Å². The Bertz CT molecular complexity index is 566. The van der Waals surface area contributed by atoms with Crippen LogP contribution in [-0.4, -0.2) is 11.9 Å². The number of thiol groups is 1. The van der Waals surface area contributed by atoms with Crippen LogP contribution in [0.1, 0.15) is 13.8 Å². The lowest BCUT2D eigenvalue weighted by Crippen LogP contribution is -2.10. The standard InChI is InChI=1S/C16H18N2S/c1-5-6-8-12(2)14(11-17)16-13(3)18(4)10-7-9-15(16)19/h5-10,19H,1H2,2-4H3/b8-6-,14-12+. The van der Waals surface area contributed by atoms with E-state index in [4.69, 9.17) is 0 Å². The second-order valence-electron chi connectivity index (χ2n) is 4.23. The molecule has 0 radical (unpaired) electrons. The minimum Gasteiger partial charge on any atom is -0.354 e. The van der Waals surface area contributed by atoms with E-state index in [1.807, 2.05) is 56.3 Å². The van der Waals surface area contributed by atoms with Crippen molar-refractivity contribution in [2.45, 2.75) is 13.8 Å². The van der Waals surface area contributed by atoms with Gasteiger partial charge in [-0.2, -0.15) is 5.26 Å². The normalized spacial score (nSPS) is 17.0. The Kier molecular flexibility index (Phi) is 5.47. The molecule has 1 aliphatic heterocycles. The fraction of sp³-hybridized carbons (Fsp3) is 0.188. The molecule has 0 amide bonds. The smallest absolute Gasteiger partial charge is 0.100 e. The fourth-order valence-electron chi connectivity index (χ4n) is 1.77. The predicted molar refractivity (Wildman–Crippen MR) is 84.3 cm³/mol. The van der Waals surface area contributed by atoms with Crippen LogP contribution in [0.2, 0.25) is 0 Å². The maximum absolute atomic E-state index is 9.46. The van der Waals surface area contributed by atoms with Gasteiger partial charge in [0.25, 0.3) is 0 Å². The van der Waals surface area contributed by atoms with Gasteiger partial charge in [-0.05, 0) is 31.6 Å². The van der Waals surface area contributed by atoms with Crippen LogP contribution in [0.3, 0.4) is 0 Å². The zero-order chi connectivity index (χ0) is 14.4. The molecule has 98 valence electrons. The van der Waals surface area contributed by atoms with Crippen molar-refractivity contribution in [3.63, 3.8) is 0 Å². The van der Waals surface area contributed by atoms with Gasteiger partial charge in [0, 0.05) is 29.4 Å². The summed E-state index contributed by atoms with van der Waals surface area (Å²) in [5.41, 5.74) is 3.39. The van der Waals surface area contributed by atoms with Crippen LogP contribution in [0.5, 0.6) is 0 Å². The lowest BCUT2D eigenvalue weighted by atomic mass is 9.99. The zero-order valence-electron chi connectivity index (χ0n) is 11.5. The summed E-state index contributed by atoms with van der Waals surface area (Å²) < 4.78 is 0. The van der Waals surface area contributed by atoms with Crippen molar-refractivity contribution >= 4 is 12.6 Å². The van der Waals surface area contributed by atoms with E-state index in [1.54, 1.807) is 6.08 Å². The van der Waals surface area contributed by atoms with Crippen molar-refractivity contribution in [3.05, 3.63) is 70.5 Å². The lowest BCUT2D eigenvalue weighted by Gasteiger charge is -2.18. The fourth-order valence-corrected chi connectivity index (χ4v) is 2.13. The first-order chi connectivity index (χ1) is 9.02. The maximum atomic E-state index is 9.46. The molecule has 0 aliphatic carbocycles. The summed E-state index contributed by atoms with van der Waals surface area (Å²) in [6.07, 6.45) is 11.2. The molecule has 1 heterocycles. The Labute approximate surface area is 120 Å². The van der Waals surface area contributed by atoms with Crippen LogP contribution in [0.25, 0.3) is 0 Å². The topological polar surface area (TPSA) is 27.0 Å². The average Bonchev–Trinajstić information content (AvgIpc) is 2.51. The van der Waals surface area contributed by atoms with Gasteiger partial charge in [-0.3, -0.25) is 0 Å². The summed E-state index contributed by atoms with van der Waals surface area (Å²) in [5.74, 6) is 0. The Morgan fingerprint density at radius 2 is 2.21 bits per heavy atom. The average molecular weight is 270 g/mol. The van der Waals surface area contributed by atoms with E-state index in [0.29, 0.717) is 5.57 Å². The van der Waals surface area contributed by atoms with Crippen LogP contribution in [0, 0.1) is 11.3 Å². The summed E-state index contributed by atoms with van der Waals surface area (Å²) in [7, 11) is 1.95. The van der Waals surface area contributed by atoms with Gasteiger partial charge < -0.3 is 4.90 Å². The number of allylic oxidation sites excluding steroid dienone is 9. The maximum Gasteiger partial charge on any atom is 0.100 e. The van der Waals surface area contributed by atoms with Crippen molar-refractivity contribution in [2.24, 2.45) is 0 Å². The quantitative estimate of drug-likeness (QED) is 0.474. The number of hydrogen-bond donors (Lipinski definition) is 1. The molecule has 1 aliphatic rings. The molecule has 0 aromatic heterocycles. The van der Waals surface area contributed by atoms with E-state index in [-0.39, 0.29) is 0 Å². The molecule has 0 aromatic carbocycles. The van der Waals surface area contributed by atoms with Crippen molar-refractivity contribution in [3.8, 4) is 6.07 Å².